The Kier molecular flexibility index (Phi) is 5.98. The summed E-state index contributed by atoms with van der Waals surface area (Å²) in [6, 6.07) is 13.2. The molecule has 3 rings (SSSR count). The Morgan fingerprint density at radius 2 is 1.85 bits per heavy atom. The number of nitrogens with zero attached hydrogens (tertiary/aromatic N) is 1. The molecule has 0 bridgehead atoms. The topological polar surface area (TPSA) is 68.7 Å². The molecule has 1 heterocycles. The van der Waals surface area contributed by atoms with Gasteiger partial charge in [0, 0.05) is 36.2 Å². The van der Waals surface area contributed by atoms with Crippen molar-refractivity contribution in [3.63, 3.8) is 0 Å². The number of fused-ring (bicyclic) bond motifs is 1. The molecule has 6 nitrogen and oxygen atoms in total. The van der Waals surface area contributed by atoms with Crippen molar-refractivity contribution in [1.82, 2.24) is 9.88 Å². The SMILES string of the molecule is C[NH+](C)Cc1ccc(CNC(=O)CCn2c(=O)oc3cc(Cl)ccc32)cc1. The highest BCUT2D eigenvalue weighted by atomic mass is 35.5. The number of nitrogens with one attached hydrogen (secondary N) is 2. The summed E-state index contributed by atoms with van der Waals surface area (Å²) in [6.07, 6.45) is 0.194. The maximum absolute atomic E-state index is 12.1. The van der Waals surface area contributed by atoms with Crippen LogP contribution in [0.5, 0.6) is 0 Å². The van der Waals surface area contributed by atoms with Crippen LogP contribution in [0.2, 0.25) is 5.02 Å². The molecule has 0 saturated carbocycles. The van der Waals surface area contributed by atoms with Crippen LogP contribution in [0.25, 0.3) is 11.1 Å². The standard InChI is InChI=1S/C20H22ClN3O3/c1-23(2)13-15-5-3-14(4-6-15)12-22-19(25)9-10-24-17-8-7-16(21)11-18(17)27-20(24)26/h3-8,11H,9-10,12-13H2,1-2H3,(H,22,25)/p+1. The van der Waals surface area contributed by atoms with Gasteiger partial charge in [0.1, 0.15) is 6.54 Å². The molecule has 0 aliphatic carbocycles. The lowest BCUT2D eigenvalue weighted by atomic mass is 10.1. The first-order valence-corrected chi connectivity index (χ1v) is 9.22. The number of hydrogen-bond acceptors (Lipinski definition) is 3. The second-order valence-electron chi connectivity index (χ2n) is 6.86. The molecule has 0 aliphatic heterocycles. The van der Waals surface area contributed by atoms with Crippen molar-refractivity contribution >= 4 is 28.6 Å². The van der Waals surface area contributed by atoms with Gasteiger partial charge in [0.25, 0.3) is 0 Å². The van der Waals surface area contributed by atoms with Crippen molar-refractivity contribution in [1.29, 1.82) is 0 Å². The number of halogens is 1. The molecule has 2 aromatic carbocycles. The molecular weight excluding hydrogens is 366 g/mol. The first-order valence-electron chi connectivity index (χ1n) is 8.85. The average Bonchev–Trinajstić information content (AvgIpc) is 2.93. The van der Waals surface area contributed by atoms with E-state index < -0.39 is 5.76 Å². The zero-order valence-corrected chi connectivity index (χ0v) is 16.2. The number of aryl methyl sites for hydroxylation is 1. The molecule has 1 aromatic heterocycles. The van der Waals surface area contributed by atoms with E-state index >= 15 is 0 Å². The van der Waals surface area contributed by atoms with E-state index in [-0.39, 0.29) is 18.9 Å². The Hall–Kier alpha value is -2.57. The minimum atomic E-state index is -0.487. The molecule has 1 amide bonds. The second-order valence-corrected chi connectivity index (χ2v) is 7.30. The van der Waals surface area contributed by atoms with Gasteiger partial charge in [0.2, 0.25) is 5.91 Å². The van der Waals surface area contributed by atoms with Crippen LogP contribution in [0.1, 0.15) is 17.5 Å². The number of carbonyl (C=O) groups is 1. The number of quaternary nitrogens is 1. The van der Waals surface area contributed by atoms with Crippen molar-refractivity contribution in [3.8, 4) is 0 Å². The summed E-state index contributed by atoms with van der Waals surface area (Å²) < 4.78 is 6.62. The van der Waals surface area contributed by atoms with Crippen molar-refractivity contribution in [2.45, 2.75) is 26.1 Å². The van der Waals surface area contributed by atoms with Crippen LogP contribution >= 0.6 is 11.6 Å². The number of benzene rings is 2. The molecule has 0 saturated heterocycles. The highest BCUT2D eigenvalue weighted by Crippen LogP contribution is 2.18. The maximum Gasteiger partial charge on any atom is 0.419 e. The van der Waals surface area contributed by atoms with E-state index in [4.69, 9.17) is 16.0 Å². The Morgan fingerprint density at radius 1 is 1.15 bits per heavy atom. The van der Waals surface area contributed by atoms with Gasteiger partial charge in [-0.3, -0.25) is 9.36 Å². The molecule has 0 atom stereocenters. The van der Waals surface area contributed by atoms with Crippen molar-refractivity contribution in [2.75, 3.05) is 14.1 Å². The van der Waals surface area contributed by atoms with E-state index in [0.717, 1.165) is 12.1 Å². The normalized spacial score (nSPS) is 11.3. The lowest BCUT2D eigenvalue weighted by Crippen LogP contribution is -3.04. The zero-order chi connectivity index (χ0) is 19.4. The highest BCUT2D eigenvalue weighted by molar-refractivity contribution is 6.31. The number of aromatic nitrogens is 1. The van der Waals surface area contributed by atoms with Crippen LogP contribution in [0, 0.1) is 0 Å². The molecule has 0 unspecified atom stereocenters. The summed E-state index contributed by atoms with van der Waals surface area (Å²) >= 11 is 5.91. The number of amides is 1. The zero-order valence-electron chi connectivity index (χ0n) is 15.4. The molecule has 0 radical (unpaired) electrons. The van der Waals surface area contributed by atoms with E-state index in [0.29, 0.717) is 22.7 Å². The summed E-state index contributed by atoms with van der Waals surface area (Å²) in [5.74, 6) is -0.606. The van der Waals surface area contributed by atoms with Gasteiger partial charge in [0.05, 0.1) is 19.6 Å². The Bertz CT molecular complexity index is 990. The summed E-state index contributed by atoms with van der Waals surface area (Å²) in [4.78, 5) is 25.5. The van der Waals surface area contributed by atoms with Gasteiger partial charge in [-0.2, -0.15) is 0 Å². The molecular formula is C20H23ClN3O3+. The molecule has 0 fully saturated rings. The largest absolute Gasteiger partial charge is 0.419 e. The lowest BCUT2D eigenvalue weighted by Gasteiger charge is -2.09. The first-order chi connectivity index (χ1) is 12.9. The smallest absolute Gasteiger partial charge is 0.408 e. The van der Waals surface area contributed by atoms with E-state index in [2.05, 4.69) is 31.5 Å². The molecule has 142 valence electrons. The van der Waals surface area contributed by atoms with Gasteiger partial charge in [-0.25, -0.2) is 4.79 Å². The van der Waals surface area contributed by atoms with E-state index in [9.17, 15) is 9.59 Å². The Balaban J connectivity index is 1.54. The number of rotatable bonds is 7. The summed E-state index contributed by atoms with van der Waals surface area (Å²) in [5, 5.41) is 3.39. The van der Waals surface area contributed by atoms with E-state index in [1.54, 1.807) is 18.2 Å². The van der Waals surface area contributed by atoms with Gasteiger partial charge in [-0.1, -0.05) is 35.9 Å². The van der Waals surface area contributed by atoms with Crippen molar-refractivity contribution in [3.05, 3.63) is 69.2 Å². The summed E-state index contributed by atoms with van der Waals surface area (Å²) in [7, 11) is 4.22. The predicted molar refractivity (Wildman–Crippen MR) is 105 cm³/mol. The Morgan fingerprint density at radius 3 is 2.56 bits per heavy atom. The molecule has 27 heavy (non-hydrogen) atoms. The van der Waals surface area contributed by atoms with Crippen LogP contribution in [0.3, 0.4) is 0 Å². The fourth-order valence-electron chi connectivity index (χ4n) is 2.94. The Labute approximate surface area is 162 Å². The summed E-state index contributed by atoms with van der Waals surface area (Å²) in [6.45, 7) is 1.68. The molecule has 2 N–H and O–H groups in total. The average molecular weight is 389 g/mol. The number of oxazole rings is 1. The van der Waals surface area contributed by atoms with Gasteiger partial charge in [-0.05, 0) is 17.7 Å². The maximum atomic E-state index is 12.1. The lowest BCUT2D eigenvalue weighted by molar-refractivity contribution is -0.872. The molecule has 7 heteroatoms. The minimum Gasteiger partial charge on any atom is -0.408 e. The summed E-state index contributed by atoms with van der Waals surface area (Å²) in [5.41, 5.74) is 3.36. The highest BCUT2D eigenvalue weighted by Gasteiger charge is 2.11. The van der Waals surface area contributed by atoms with Gasteiger partial charge >= 0.3 is 5.76 Å². The van der Waals surface area contributed by atoms with E-state index in [1.807, 2.05) is 12.1 Å². The molecule has 0 spiro atoms. The third-order valence-electron chi connectivity index (χ3n) is 4.26. The monoisotopic (exact) mass is 388 g/mol. The van der Waals surface area contributed by atoms with Gasteiger partial charge in [-0.15, -0.1) is 0 Å². The third-order valence-corrected chi connectivity index (χ3v) is 4.50. The van der Waals surface area contributed by atoms with E-state index in [1.165, 1.54) is 15.0 Å². The predicted octanol–water partition coefficient (Wildman–Crippen LogP) is 1.60. The quantitative estimate of drug-likeness (QED) is 0.646. The molecule has 3 aromatic rings. The first kappa shape index (κ1) is 19.2. The second kappa shape index (κ2) is 8.41. The van der Waals surface area contributed by atoms with Crippen LogP contribution in [0.15, 0.2) is 51.7 Å². The van der Waals surface area contributed by atoms with Gasteiger partial charge < -0.3 is 14.6 Å². The van der Waals surface area contributed by atoms with Crippen molar-refractivity contribution in [2.24, 2.45) is 0 Å². The third kappa shape index (κ3) is 4.99. The number of hydrogen-bond donors (Lipinski definition) is 2. The van der Waals surface area contributed by atoms with Crippen molar-refractivity contribution < 1.29 is 14.1 Å². The van der Waals surface area contributed by atoms with Gasteiger partial charge in [0.15, 0.2) is 5.58 Å². The van der Waals surface area contributed by atoms with Crippen LogP contribution in [-0.2, 0) is 24.4 Å². The molecule has 0 aliphatic rings. The fraction of sp³-hybridized carbons (Fsp3) is 0.300. The number of carbonyl (C=O) groups excluding carboxylic acids is 1. The fourth-order valence-corrected chi connectivity index (χ4v) is 3.10. The van der Waals surface area contributed by atoms with Crippen LogP contribution in [0.4, 0.5) is 0 Å². The minimum absolute atomic E-state index is 0.118. The van der Waals surface area contributed by atoms with Crippen LogP contribution in [-0.4, -0.2) is 24.6 Å². The van der Waals surface area contributed by atoms with Crippen LogP contribution < -0.4 is 16.0 Å².